The van der Waals surface area contributed by atoms with E-state index in [1.165, 1.54) is 56.6 Å². The van der Waals surface area contributed by atoms with Gasteiger partial charge in [0.2, 0.25) is 0 Å². The molecule has 0 amide bonds. The van der Waals surface area contributed by atoms with Gasteiger partial charge in [-0.3, -0.25) is 0 Å². The largest absolute Gasteiger partial charge is 0.205 e. The molecule has 0 aliphatic heterocycles. The van der Waals surface area contributed by atoms with Crippen LogP contribution in [0.1, 0.15) is 57.4 Å². The fourth-order valence-corrected chi connectivity index (χ4v) is 4.38. The summed E-state index contributed by atoms with van der Waals surface area (Å²) in [6.45, 7) is 2.30. The summed E-state index contributed by atoms with van der Waals surface area (Å²) in [6, 6.07) is 13.6. The van der Waals surface area contributed by atoms with Crippen LogP contribution in [0.2, 0.25) is 0 Å². The van der Waals surface area contributed by atoms with Gasteiger partial charge < -0.3 is 0 Å². The van der Waals surface area contributed by atoms with E-state index < -0.39 is 0 Å². The third-order valence-corrected chi connectivity index (χ3v) is 6.00. The second-order valence-corrected chi connectivity index (χ2v) is 7.96. The van der Waals surface area contributed by atoms with Gasteiger partial charge in [-0.05, 0) is 65.7 Å². The van der Waals surface area contributed by atoms with E-state index in [1.54, 1.807) is 6.07 Å². The highest BCUT2D eigenvalue weighted by atomic mass is 32.1. The van der Waals surface area contributed by atoms with Gasteiger partial charge in [-0.15, -0.1) is 0 Å². The average Bonchev–Trinajstić information content (AvgIpc) is 2.70. The topological polar surface area (TPSA) is 12.4 Å². The Hall–Kier alpha value is -1.83. The lowest BCUT2D eigenvalue weighted by atomic mass is 9.78. The Labute approximate surface area is 167 Å². The molecule has 0 atom stereocenters. The molecule has 0 N–H and O–H groups in total. The zero-order chi connectivity index (χ0) is 19.1. The number of benzene rings is 2. The molecule has 0 bridgehead atoms. The lowest BCUT2D eigenvalue weighted by Crippen LogP contribution is -2.15. The van der Waals surface area contributed by atoms with Crippen molar-refractivity contribution in [1.82, 2.24) is 0 Å². The van der Waals surface area contributed by atoms with Crippen molar-refractivity contribution in [3.05, 3.63) is 53.8 Å². The molecule has 0 unspecified atom stereocenters. The molecule has 0 spiro atoms. The maximum atomic E-state index is 14.0. The molecule has 1 aliphatic rings. The molecule has 2 aromatic rings. The molecule has 1 saturated carbocycles. The molecule has 142 valence electrons. The van der Waals surface area contributed by atoms with Crippen LogP contribution < -0.4 is 0 Å². The Kier molecular flexibility index (Phi) is 7.32. The lowest BCUT2D eigenvalue weighted by molar-refractivity contribution is 0.252. The number of nitrogens with zero attached hydrogens (tertiary/aromatic N) is 1. The summed E-state index contributed by atoms with van der Waals surface area (Å²) in [6.07, 6.45) is 10.8. The molecular formula is C24H28FNS. The van der Waals surface area contributed by atoms with Crippen LogP contribution in [0.4, 0.5) is 10.1 Å². The van der Waals surface area contributed by atoms with Crippen LogP contribution in [0.25, 0.3) is 11.1 Å². The summed E-state index contributed by atoms with van der Waals surface area (Å²) in [5.41, 5.74) is 3.49. The third kappa shape index (κ3) is 5.57. The summed E-state index contributed by atoms with van der Waals surface area (Å²) in [5, 5.41) is 2.21. The maximum absolute atomic E-state index is 14.0. The predicted molar refractivity (Wildman–Crippen MR) is 115 cm³/mol. The molecule has 27 heavy (non-hydrogen) atoms. The Morgan fingerprint density at radius 2 is 1.59 bits per heavy atom. The predicted octanol–water partition coefficient (Wildman–Crippen LogP) is 7.77. The number of rotatable bonds is 7. The monoisotopic (exact) mass is 381 g/mol. The number of hydrogen-bond donors (Lipinski definition) is 0. The minimum Gasteiger partial charge on any atom is -0.205 e. The standard InChI is InChI=1S/C24H28FNS/c1-2-3-18-4-6-19(7-5-18)8-9-20-10-12-21(13-11-20)22-14-15-24(26-17-27)23(25)16-22/h10-16,18-19H,2-9H2,1H3. The van der Waals surface area contributed by atoms with E-state index in [0.29, 0.717) is 0 Å². The molecule has 0 radical (unpaired) electrons. The van der Waals surface area contributed by atoms with E-state index in [4.69, 9.17) is 0 Å². The lowest BCUT2D eigenvalue weighted by Gasteiger charge is -2.28. The van der Waals surface area contributed by atoms with Crippen molar-refractivity contribution in [2.45, 2.75) is 58.3 Å². The van der Waals surface area contributed by atoms with Crippen LogP contribution >= 0.6 is 12.2 Å². The number of thiocarbonyl (C=S) groups is 1. The van der Waals surface area contributed by atoms with E-state index in [9.17, 15) is 4.39 Å². The van der Waals surface area contributed by atoms with Gasteiger partial charge in [-0.25, -0.2) is 4.39 Å². The molecule has 2 aromatic carbocycles. The SMILES string of the molecule is CCCC1CCC(CCc2ccc(-c3ccc(N=C=S)c(F)c3)cc2)CC1. The minimum absolute atomic E-state index is 0.235. The van der Waals surface area contributed by atoms with Crippen LogP contribution in [-0.2, 0) is 6.42 Å². The average molecular weight is 382 g/mol. The quantitative estimate of drug-likeness (QED) is 0.352. The molecule has 0 saturated heterocycles. The summed E-state index contributed by atoms with van der Waals surface area (Å²) >= 11 is 4.54. The van der Waals surface area contributed by atoms with Gasteiger partial charge in [0, 0.05) is 0 Å². The minimum atomic E-state index is -0.368. The van der Waals surface area contributed by atoms with Crippen LogP contribution in [0.3, 0.4) is 0 Å². The second-order valence-electron chi connectivity index (χ2n) is 7.78. The molecule has 1 fully saturated rings. The van der Waals surface area contributed by atoms with Crippen molar-refractivity contribution in [2.75, 3.05) is 0 Å². The zero-order valence-corrected chi connectivity index (χ0v) is 16.9. The van der Waals surface area contributed by atoms with E-state index in [1.807, 2.05) is 6.07 Å². The van der Waals surface area contributed by atoms with E-state index in [-0.39, 0.29) is 11.5 Å². The molecule has 0 aromatic heterocycles. The van der Waals surface area contributed by atoms with Crippen LogP contribution in [0, 0.1) is 17.7 Å². The van der Waals surface area contributed by atoms with Gasteiger partial charge >= 0.3 is 0 Å². The van der Waals surface area contributed by atoms with E-state index >= 15 is 0 Å². The molecule has 3 heteroatoms. The first kappa shape index (κ1) is 19.9. The van der Waals surface area contributed by atoms with Gasteiger partial charge in [0.05, 0.1) is 5.16 Å². The fraction of sp³-hybridized carbons (Fsp3) is 0.458. The van der Waals surface area contributed by atoms with Gasteiger partial charge in [-0.1, -0.05) is 75.8 Å². The van der Waals surface area contributed by atoms with E-state index in [2.05, 4.69) is 53.6 Å². The van der Waals surface area contributed by atoms with Gasteiger partial charge in [-0.2, -0.15) is 4.99 Å². The van der Waals surface area contributed by atoms with Crippen LogP contribution in [0.5, 0.6) is 0 Å². The molecule has 0 heterocycles. The van der Waals surface area contributed by atoms with Crippen molar-refractivity contribution >= 4 is 23.1 Å². The summed E-state index contributed by atoms with van der Waals surface area (Å²) in [7, 11) is 0. The summed E-state index contributed by atoms with van der Waals surface area (Å²) in [4.78, 5) is 3.73. The Balaban J connectivity index is 1.55. The Morgan fingerprint density at radius 3 is 2.19 bits per heavy atom. The number of aliphatic imine (C=N–C) groups is 1. The Morgan fingerprint density at radius 1 is 0.963 bits per heavy atom. The second kappa shape index (κ2) is 9.92. The van der Waals surface area contributed by atoms with E-state index in [0.717, 1.165) is 29.4 Å². The highest BCUT2D eigenvalue weighted by molar-refractivity contribution is 7.78. The van der Waals surface area contributed by atoms with Crippen molar-refractivity contribution in [3.63, 3.8) is 0 Å². The first-order valence-electron chi connectivity index (χ1n) is 10.2. The highest BCUT2D eigenvalue weighted by Gasteiger charge is 2.20. The normalized spacial score (nSPS) is 19.5. The fourth-order valence-electron chi connectivity index (χ4n) is 4.28. The number of aryl methyl sites for hydroxylation is 1. The highest BCUT2D eigenvalue weighted by Crippen LogP contribution is 2.34. The third-order valence-electron chi connectivity index (χ3n) is 5.91. The van der Waals surface area contributed by atoms with Gasteiger partial charge in [0.15, 0.2) is 0 Å². The maximum Gasteiger partial charge on any atom is 0.150 e. The zero-order valence-electron chi connectivity index (χ0n) is 16.1. The molecule has 1 nitrogen and oxygen atoms in total. The van der Waals surface area contributed by atoms with Gasteiger partial charge in [0.25, 0.3) is 0 Å². The van der Waals surface area contributed by atoms with Crippen molar-refractivity contribution in [2.24, 2.45) is 16.8 Å². The number of isothiocyanates is 1. The number of hydrogen-bond acceptors (Lipinski definition) is 2. The molecular weight excluding hydrogens is 353 g/mol. The molecule has 1 aliphatic carbocycles. The van der Waals surface area contributed by atoms with Crippen molar-refractivity contribution < 1.29 is 4.39 Å². The summed E-state index contributed by atoms with van der Waals surface area (Å²) < 4.78 is 14.0. The number of halogens is 1. The van der Waals surface area contributed by atoms with Crippen molar-refractivity contribution in [1.29, 1.82) is 0 Å². The van der Waals surface area contributed by atoms with Crippen LogP contribution in [-0.4, -0.2) is 5.16 Å². The molecule has 3 rings (SSSR count). The first-order valence-corrected chi connectivity index (χ1v) is 10.6. The van der Waals surface area contributed by atoms with Gasteiger partial charge in [0.1, 0.15) is 11.5 Å². The smallest absolute Gasteiger partial charge is 0.150 e. The Bertz CT molecular complexity index is 785. The van der Waals surface area contributed by atoms with Crippen LogP contribution in [0.15, 0.2) is 47.5 Å². The first-order chi connectivity index (χ1) is 13.2. The summed E-state index contributed by atoms with van der Waals surface area (Å²) in [5.74, 6) is 1.50. The van der Waals surface area contributed by atoms with Crippen molar-refractivity contribution in [3.8, 4) is 11.1 Å².